The van der Waals surface area contributed by atoms with Crippen LogP contribution in [-0.2, 0) is 6.54 Å². The van der Waals surface area contributed by atoms with Gasteiger partial charge in [0.05, 0.1) is 29.4 Å². The second kappa shape index (κ2) is 8.30. The van der Waals surface area contributed by atoms with E-state index in [1.54, 1.807) is 16.9 Å². The highest BCUT2D eigenvalue weighted by atomic mass is 19.1. The highest BCUT2D eigenvalue weighted by Gasteiger charge is 2.23. The van der Waals surface area contributed by atoms with Gasteiger partial charge in [0.25, 0.3) is 5.91 Å². The third kappa shape index (κ3) is 3.93. The number of hydrogen-bond donors (Lipinski definition) is 0. The summed E-state index contributed by atoms with van der Waals surface area (Å²) in [7, 11) is 0. The molecule has 2 aromatic carbocycles. The van der Waals surface area contributed by atoms with Crippen molar-refractivity contribution in [2.45, 2.75) is 25.8 Å². The highest BCUT2D eigenvalue weighted by Crippen LogP contribution is 2.27. The van der Waals surface area contributed by atoms with Gasteiger partial charge < -0.3 is 4.90 Å². The zero-order valence-corrected chi connectivity index (χ0v) is 17.2. The van der Waals surface area contributed by atoms with E-state index in [1.165, 1.54) is 12.1 Å². The lowest BCUT2D eigenvalue weighted by Gasteiger charge is -2.27. The summed E-state index contributed by atoms with van der Waals surface area (Å²) in [4.78, 5) is 20.2. The molecule has 5 nitrogen and oxygen atoms in total. The first-order chi connectivity index (χ1) is 15.2. The Hall–Kier alpha value is -3.54. The second-order valence-corrected chi connectivity index (χ2v) is 7.94. The molecule has 0 atom stereocenters. The monoisotopic (exact) mass is 414 g/mol. The summed E-state index contributed by atoms with van der Waals surface area (Å²) in [5.74, 6) is -0.262. The van der Waals surface area contributed by atoms with Gasteiger partial charge >= 0.3 is 0 Å². The summed E-state index contributed by atoms with van der Waals surface area (Å²) < 4.78 is 15.4. The maximum absolute atomic E-state index is 13.7. The number of benzene rings is 2. The maximum Gasteiger partial charge on any atom is 0.254 e. The van der Waals surface area contributed by atoms with Crippen LogP contribution in [0.3, 0.4) is 0 Å². The van der Waals surface area contributed by atoms with E-state index in [4.69, 9.17) is 4.98 Å². The van der Waals surface area contributed by atoms with Gasteiger partial charge in [-0.05, 0) is 43.0 Å². The van der Waals surface area contributed by atoms with Crippen molar-refractivity contribution in [3.05, 3.63) is 83.8 Å². The summed E-state index contributed by atoms with van der Waals surface area (Å²) in [5.41, 5.74) is 3.72. The molecular weight excluding hydrogens is 391 g/mol. The minimum Gasteiger partial charge on any atom is -0.339 e. The Balaban J connectivity index is 1.63. The van der Waals surface area contributed by atoms with Gasteiger partial charge in [0.2, 0.25) is 0 Å². The first kappa shape index (κ1) is 19.4. The molecule has 0 N–H and O–H groups in total. The number of aromatic nitrogens is 3. The van der Waals surface area contributed by atoms with Gasteiger partial charge in [0.15, 0.2) is 5.65 Å². The molecule has 3 heterocycles. The quantitative estimate of drug-likeness (QED) is 0.477. The molecule has 0 saturated carbocycles. The number of carbonyl (C=O) groups is 1. The first-order valence-electron chi connectivity index (χ1n) is 10.6. The van der Waals surface area contributed by atoms with E-state index < -0.39 is 0 Å². The number of halogens is 1. The number of carbonyl (C=O) groups excluding carboxylic acids is 1. The average molecular weight is 414 g/mol. The van der Waals surface area contributed by atoms with Crippen LogP contribution in [0.1, 0.15) is 35.2 Å². The maximum atomic E-state index is 13.7. The Bertz CT molecular complexity index is 1230. The van der Waals surface area contributed by atoms with E-state index in [-0.39, 0.29) is 11.7 Å². The predicted molar refractivity (Wildman–Crippen MR) is 118 cm³/mol. The lowest BCUT2D eigenvalue weighted by Crippen LogP contribution is -2.35. The number of piperidine rings is 1. The largest absolute Gasteiger partial charge is 0.339 e. The Morgan fingerprint density at radius 1 is 0.968 bits per heavy atom. The van der Waals surface area contributed by atoms with Gasteiger partial charge in [-0.25, -0.2) is 14.1 Å². The van der Waals surface area contributed by atoms with Crippen LogP contribution in [0.25, 0.3) is 22.3 Å². The Labute approximate surface area is 180 Å². The molecule has 0 bridgehead atoms. The highest BCUT2D eigenvalue weighted by molar-refractivity contribution is 6.06. The molecule has 1 amide bonds. The molecule has 5 rings (SSSR count). The normalized spacial score (nSPS) is 14.2. The summed E-state index contributed by atoms with van der Waals surface area (Å²) >= 11 is 0. The van der Waals surface area contributed by atoms with Crippen molar-refractivity contribution in [3.63, 3.8) is 0 Å². The molecule has 1 fully saturated rings. The molecule has 2 aromatic heterocycles. The standard InChI is InChI=1S/C25H23FN4O/c26-20-11-7-8-18(14-20)17-30-24-22(16-27-30)21(25(31)29-12-5-2-6-13-29)15-23(28-24)19-9-3-1-4-10-19/h1,3-4,7-11,14-16H,2,5-6,12-13,17H2. The third-order valence-corrected chi connectivity index (χ3v) is 5.77. The van der Waals surface area contributed by atoms with Crippen LogP contribution in [0.4, 0.5) is 4.39 Å². The zero-order valence-electron chi connectivity index (χ0n) is 17.2. The fourth-order valence-electron chi connectivity index (χ4n) is 4.17. The van der Waals surface area contributed by atoms with Crippen molar-refractivity contribution < 1.29 is 9.18 Å². The fraction of sp³-hybridized carbons (Fsp3) is 0.240. The molecule has 31 heavy (non-hydrogen) atoms. The minimum atomic E-state index is -0.284. The van der Waals surface area contributed by atoms with E-state index >= 15 is 0 Å². The van der Waals surface area contributed by atoms with Crippen LogP contribution in [0.2, 0.25) is 0 Å². The summed E-state index contributed by atoms with van der Waals surface area (Å²) in [6, 6.07) is 18.2. The zero-order chi connectivity index (χ0) is 21.2. The first-order valence-corrected chi connectivity index (χ1v) is 10.6. The van der Waals surface area contributed by atoms with Crippen molar-refractivity contribution in [2.75, 3.05) is 13.1 Å². The average Bonchev–Trinajstić information content (AvgIpc) is 3.22. The van der Waals surface area contributed by atoms with E-state index in [0.717, 1.165) is 54.6 Å². The topological polar surface area (TPSA) is 51.0 Å². The number of fused-ring (bicyclic) bond motifs is 1. The molecule has 6 heteroatoms. The van der Waals surface area contributed by atoms with Gasteiger partial charge in [-0.1, -0.05) is 42.5 Å². The van der Waals surface area contributed by atoms with Crippen LogP contribution in [0, 0.1) is 5.82 Å². The number of rotatable bonds is 4. The van der Waals surface area contributed by atoms with Gasteiger partial charge in [-0.2, -0.15) is 5.10 Å². The van der Waals surface area contributed by atoms with E-state index in [1.807, 2.05) is 47.4 Å². The Morgan fingerprint density at radius 3 is 2.55 bits per heavy atom. The van der Waals surface area contributed by atoms with E-state index in [0.29, 0.717) is 17.8 Å². The van der Waals surface area contributed by atoms with Crippen molar-refractivity contribution >= 4 is 16.9 Å². The summed E-state index contributed by atoms with van der Waals surface area (Å²) in [5, 5.41) is 5.23. The molecule has 4 aromatic rings. The van der Waals surface area contributed by atoms with Crippen LogP contribution in [0.5, 0.6) is 0 Å². The van der Waals surface area contributed by atoms with Crippen LogP contribution in [-0.4, -0.2) is 38.7 Å². The number of nitrogens with zero attached hydrogens (tertiary/aromatic N) is 4. The molecule has 1 saturated heterocycles. The molecule has 0 aliphatic carbocycles. The predicted octanol–water partition coefficient (Wildman–Crippen LogP) is 4.91. The van der Waals surface area contributed by atoms with Gasteiger partial charge in [0, 0.05) is 18.7 Å². The van der Waals surface area contributed by atoms with Crippen molar-refractivity contribution in [1.82, 2.24) is 19.7 Å². The number of likely N-dealkylation sites (tertiary alicyclic amines) is 1. The van der Waals surface area contributed by atoms with Crippen LogP contribution in [0.15, 0.2) is 66.9 Å². The van der Waals surface area contributed by atoms with Crippen molar-refractivity contribution in [2.24, 2.45) is 0 Å². The third-order valence-electron chi connectivity index (χ3n) is 5.77. The van der Waals surface area contributed by atoms with Crippen molar-refractivity contribution in [3.8, 4) is 11.3 Å². The smallest absolute Gasteiger partial charge is 0.254 e. The summed E-state index contributed by atoms with van der Waals surface area (Å²) in [6.45, 7) is 1.94. The lowest BCUT2D eigenvalue weighted by molar-refractivity contribution is 0.0726. The van der Waals surface area contributed by atoms with Gasteiger partial charge in [0.1, 0.15) is 5.82 Å². The van der Waals surface area contributed by atoms with Crippen LogP contribution >= 0.6 is 0 Å². The van der Waals surface area contributed by atoms with Gasteiger partial charge in [-0.3, -0.25) is 4.79 Å². The number of amides is 1. The Kier molecular flexibility index (Phi) is 5.20. The second-order valence-electron chi connectivity index (χ2n) is 7.94. The van der Waals surface area contributed by atoms with Crippen LogP contribution < -0.4 is 0 Å². The lowest BCUT2D eigenvalue weighted by atomic mass is 10.0. The molecule has 156 valence electrons. The van der Waals surface area contributed by atoms with E-state index in [2.05, 4.69) is 5.10 Å². The molecule has 0 spiro atoms. The number of hydrogen-bond acceptors (Lipinski definition) is 3. The molecule has 1 aliphatic rings. The molecule has 1 aliphatic heterocycles. The Morgan fingerprint density at radius 2 is 1.77 bits per heavy atom. The minimum absolute atomic E-state index is 0.0228. The fourth-order valence-corrected chi connectivity index (χ4v) is 4.17. The SMILES string of the molecule is O=C(c1cc(-c2ccccc2)nc2c1cnn2Cc1cccc(F)c1)N1CCCCC1. The molecule has 0 radical (unpaired) electrons. The van der Waals surface area contributed by atoms with Crippen molar-refractivity contribution in [1.29, 1.82) is 0 Å². The summed E-state index contributed by atoms with van der Waals surface area (Å²) in [6.07, 6.45) is 4.93. The van der Waals surface area contributed by atoms with E-state index in [9.17, 15) is 9.18 Å². The number of pyridine rings is 1. The molecule has 0 unspecified atom stereocenters. The van der Waals surface area contributed by atoms with Gasteiger partial charge in [-0.15, -0.1) is 0 Å². The molecular formula is C25H23FN4O.